The zero-order valence-electron chi connectivity index (χ0n) is 11.2. The molecule has 0 spiro atoms. The molecule has 0 fully saturated rings. The Kier molecular flexibility index (Phi) is 3.76. The second-order valence-electron chi connectivity index (χ2n) is 4.71. The summed E-state index contributed by atoms with van der Waals surface area (Å²) in [6.45, 7) is 0.541. The third-order valence-corrected chi connectivity index (χ3v) is 4.21. The average molecular weight is 286 g/mol. The summed E-state index contributed by atoms with van der Waals surface area (Å²) in [6.07, 6.45) is 0.746. The topological polar surface area (TPSA) is 24.9 Å². The second-order valence-corrected chi connectivity index (χ2v) is 5.82. The predicted molar refractivity (Wildman–Crippen MR) is 81.6 cm³/mol. The molecule has 3 rings (SSSR count). The summed E-state index contributed by atoms with van der Waals surface area (Å²) in [5.41, 5.74) is 2.83. The minimum atomic E-state index is -0.160. The van der Waals surface area contributed by atoms with E-state index in [9.17, 15) is 4.39 Å². The zero-order chi connectivity index (χ0) is 13.9. The Morgan fingerprint density at radius 2 is 2.05 bits per heavy atom. The van der Waals surface area contributed by atoms with E-state index in [0.29, 0.717) is 12.1 Å². The van der Waals surface area contributed by atoms with Crippen molar-refractivity contribution in [1.82, 2.24) is 10.3 Å². The number of hydrogen-bond donors (Lipinski definition) is 1. The van der Waals surface area contributed by atoms with Crippen LogP contribution in [0.25, 0.3) is 10.2 Å². The van der Waals surface area contributed by atoms with Gasteiger partial charge < -0.3 is 5.32 Å². The highest BCUT2D eigenvalue weighted by atomic mass is 32.1. The number of fused-ring (bicyclic) bond motifs is 1. The van der Waals surface area contributed by atoms with Crippen LogP contribution in [0.3, 0.4) is 0 Å². The number of para-hydroxylation sites is 1. The van der Waals surface area contributed by atoms with E-state index < -0.39 is 0 Å². The first kappa shape index (κ1) is 13.2. The van der Waals surface area contributed by atoms with Gasteiger partial charge >= 0.3 is 0 Å². The predicted octanol–water partition coefficient (Wildman–Crippen LogP) is 3.75. The Morgan fingerprint density at radius 1 is 1.20 bits per heavy atom. The molecule has 0 aliphatic heterocycles. The van der Waals surface area contributed by atoms with Crippen LogP contribution in [0.5, 0.6) is 0 Å². The van der Waals surface area contributed by atoms with Crippen molar-refractivity contribution in [3.8, 4) is 0 Å². The van der Waals surface area contributed by atoms with Crippen molar-refractivity contribution in [2.75, 3.05) is 7.05 Å². The molecule has 2 nitrogen and oxygen atoms in total. The number of halogens is 1. The number of aromatic nitrogens is 1. The molecule has 0 saturated carbocycles. The van der Waals surface area contributed by atoms with Crippen LogP contribution in [-0.4, -0.2) is 12.0 Å². The lowest BCUT2D eigenvalue weighted by molar-refractivity contribution is 0.600. The van der Waals surface area contributed by atoms with Crippen LogP contribution in [0.1, 0.15) is 16.1 Å². The van der Waals surface area contributed by atoms with Crippen molar-refractivity contribution in [2.24, 2.45) is 0 Å². The van der Waals surface area contributed by atoms with Crippen molar-refractivity contribution in [2.45, 2.75) is 13.0 Å². The van der Waals surface area contributed by atoms with Crippen LogP contribution in [0, 0.1) is 5.82 Å². The number of nitrogens with one attached hydrogen (secondary N) is 1. The van der Waals surface area contributed by atoms with Crippen molar-refractivity contribution >= 4 is 21.6 Å². The van der Waals surface area contributed by atoms with E-state index in [1.54, 1.807) is 11.3 Å². The molecule has 4 heteroatoms. The molecule has 102 valence electrons. The highest BCUT2D eigenvalue weighted by Crippen LogP contribution is 2.24. The lowest BCUT2D eigenvalue weighted by atomic mass is 10.1. The number of rotatable bonds is 4. The van der Waals surface area contributed by atoms with E-state index in [-0.39, 0.29) is 5.82 Å². The van der Waals surface area contributed by atoms with Gasteiger partial charge in [-0.25, -0.2) is 9.37 Å². The first-order valence-corrected chi connectivity index (χ1v) is 7.34. The van der Waals surface area contributed by atoms with Crippen molar-refractivity contribution in [3.63, 3.8) is 0 Å². The van der Waals surface area contributed by atoms with Gasteiger partial charge in [0.25, 0.3) is 0 Å². The molecule has 1 heterocycles. The molecule has 0 unspecified atom stereocenters. The minimum Gasteiger partial charge on any atom is -0.316 e. The molecule has 1 aromatic heterocycles. The molecule has 0 atom stereocenters. The van der Waals surface area contributed by atoms with Gasteiger partial charge in [0.1, 0.15) is 5.82 Å². The van der Waals surface area contributed by atoms with Crippen molar-refractivity contribution < 1.29 is 4.39 Å². The number of nitrogens with zero attached hydrogens (tertiary/aromatic N) is 1. The Hall–Kier alpha value is -1.78. The standard InChI is InChI=1S/C16H15FN2S/c1-18-10-12-8-11(6-7-13(12)17)9-16-19-14-4-2-3-5-15(14)20-16/h2-8,18H,9-10H2,1H3. The fraction of sp³-hybridized carbons (Fsp3) is 0.188. The molecule has 1 N–H and O–H groups in total. The molecular formula is C16H15FN2S. The minimum absolute atomic E-state index is 0.160. The van der Waals surface area contributed by atoms with E-state index in [2.05, 4.69) is 16.4 Å². The third kappa shape index (κ3) is 2.71. The van der Waals surface area contributed by atoms with Gasteiger partial charge in [-0.1, -0.05) is 24.3 Å². The summed E-state index contributed by atoms with van der Waals surface area (Å²) in [6, 6.07) is 13.4. The molecular weight excluding hydrogens is 271 g/mol. The van der Waals surface area contributed by atoms with Crippen LogP contribution in [-0.2, 0) is 13.0 Å². The monoisotopic (exact) mass is 286 g/mol. The van der Waals surface area contributed by atoms with Crippen LogP contribution >= 0.6 is 11.3 Å². The Bertz CT molecular complexity index is 703. The number of thiazole rings is 1. The van der Waals surface area contributed by atoms with Crippen molar-refractivity contribution in [1.29, 1.82) is 0 Å². The normalized spacial score (nSPS) is 11.1. The van der Waals surface area contributed by atoms with E-state index in [1.807, 2.05) is 37.4 Å². The van der Waals surface area contributed by atoms with Gasteiger partial charge in [-0.3, -0.25) is 0 Å². The van der Waals surface area contributed by atoms with Gasteiger partial charge in [0.15, 0.2) is 0 Å². The maximum absolute atomic E-state index is 13.6. The molecule has 0 radical (unpaired) electrons. The fourth-order valence-corrected chi connectivity index (χ4v) is 3.24. The van der Waals surface area contributed by atoms with Crippen LogP contribution in [0.4, 0.5) is 4.39 Å². The van der Waals surface area contributed by atoms with E-state index in [1.165, 1.54) is 10.8 Å². The fourth-order valence-electron chi connectivity index (χ4n) is 2.23. The Labute approximate surface area is 121 Å². The lowest BCUT2D eigenvalue weighted by Gasteiger charge is -2.05. The first-order chi connectivity index (χ1) is 9.76. The molecule has 0 aliphatic carbocycles. The first-order valence-electron chi connectivity index (χ1n) is 6.52. The molecule has 3 aromatic rings. The summed E-state index contributed by atoms with van der Waals surface area (Å²) in [4.78, 5) is 4.62. The highest BCUT2D eigenvalue weighted by molar-refractivity contribution is 7.18. The average Bonchev–Trinajstić information content (AvgIpc) is 2.85. The largest absolute Gasteiger partial charge is 0.316 e. The summed E-state index contributed by atoms with van der Waals surface area (Å²) in [7, 11) is 1.82. The van der Waals surface area contributed by atoms with Crippen LogP contribution in [0.15, 0.2) is 42.5 Å². The van der Waals surface area contributed by atoms with E-state index in [0.717, 1.165) is 22.5 Å². The van der Waals surface area contributed by atoms with E-state index in [4.69, 9.17) is 0 Å². The highest BCUT2D eigenvalue weighted by Gasteiger charge is 2.07. The Balaban J connectivity index is 1.88. The molecule has 0 aliphatic rings. The van der Waals surface area contributed by atoms with Gasteiger partial charge in [-0.05, 0) is 30.8 Å². The quantitative estimate of drug-likeness (QED) is 0.790. The summed E-state index contributed by atoms with van der Waals surface area (Å²) >= 11 is 1.70. The smallest absolute Gasteiger partial charge is 0.127 e. The summed E-state index contributed by atoms with van der Waals surface area (Å²) < 4.78 is 14.8. The number of benzene rings is 2. The molecule has 20 heavy (non-hydrogen) atoms. The van der Waals surface area contributed by atoms with E-state index >= 15 is 0 Å². The maximum Gasteiger partial charge on any atom is 0.127 e. The van der Waals surface area contributed by atoms with Gasteiger partial charge in [0.2, 0.25) is 0 Å². The van der Waals surface area contributed by atoms with Crippen LogP contribution in [0.2, 0.25) is 0 Å². The molecule has 0 bridgehead atoms. The molecule has 0 saturated heterocycles. The van der Waals surface area contributed by atoms with Gasteiger partial charge in [0.05, 0.1) is 15.2 Å². The maximum atomic E-state index is 13.6. The number of hydrogen-bond acceptors (Lipinski definition) is 3. The Morgan fingerprint density at radius 3 is 2.85 bits per heavy atom. The lowest BCUT2D eigenvalue weighted by Crippen LogP contribution is -2.07. The van der Waals surface area contributed by atoms with Crippen LogP contribution < -0.4 is 5.32 Å². The SMILES string of the molecule is CNCc1cc(Cc2nc3ccccc3s2)ccc1F. The zero-order valence-corrected chi connectivity index (χ0v) is 12.0. The second kappa shape index (κ2) is 5.69. The molecule has 0 amide bonds. The van der Waals surface area contributed by atoms with Gasteiger partial charge in [-0.2, -0.15) is 0 Å². The summed E-state index contributed by atoms with van der Waals surface area (Å²) in [5, 5.41) is 4.05. The van der Waals surface area contributed by atoms with Gasteiger partial charge in [-0.15, -0.1) is 11.3 Å². The van der Waals surface area contributed by atoms with Gasteiger partial charge in [0, 0.05) is 18.5 Å². The molecule has 2 aromatic carbocycles. The third-order valence-electron chi connectivity index (χ3n) is 3.17. The van der Waals surface area contributed by atoms with Crippen molar-refractivity contribution in [3.05, 3.63) is 64.4 Å². The summed E-state index contributed by atoms with van der Waals surface area (Å²) in [5.74, 6) is -0.160.